The third kappa shape index (κ3) is 2.69. The van der Waals surface area contributed by atoms with E-state index in [4.69, 9.17) is 5.73 Å². The SMILES string of the molecule is CC(C)CN(C(C)C)C1CCc2cc(N)ccc21. The molecule has 1 aliphatic rings. The largest absolute Gasteiger partial charge is 0.399 e. The van der Waals surface area contributed by atoms with Crippen LogP contribution in [0, 0.1) is 5.92 Å². The molecule has 1 aliphatic carbocycles. The van der Waals surface area contributed by atoms with Crippen molar-refractivity contribution in [3.63, 3.8) is 0 Å². The highest BCUT2D eigenvalue weighted by Crippen LogP contribution is 2.37. The van der Waals surface area contributed by atoms with Crippen LogP contribution in [0.5, 0.6) is 0 Å². The van der Waals surface area contributed by atoms with Crippen molar-refractivity contribution < 1.29 is 0 Å². The van der Waals surface area contributed by atoms with Gasteiger partial charge >= 0.3 is 0 Å². The van der Waals surface area contributed by atoms with E-state index in [2.05, 4.69) is 44.7 Å². The van der Waals surface area contributed by atoms with Gasteiger partial charge in [-0.05, 0) is 55.9 Å². The van der Waals surface area contributed by atoms with Crippen LogP contribution < -0.4 is 5.73 Å². The van der Waals surface area contributed by atoms with Gasteiger partial charge in [0.05, 0.1) is 0 Å². The smallest absolute Gasteiger partial charge is 0.0356 e. The lowest BCUT2D eigenvalue weighted by atomic mass is 10.0. The predicted molar refractivity (Wildman–Crippen MR) is 78.6 cm³/mol. The van der Waals surface area contributed by atoms with Crippen molar-refractivity contribution in [2.75, 3.05) is 12.3 Å². The summed E-state index contributed by atoms with van der Waals surface area (Å²) in [6.07, 6.45) is 2.41. The van der Waals surface area contributed by atoms with Crippen LogP contribution in [0.3, 0.4) is 0 Å². The Bertz CT molecular complexity index is 410. The number of rotatable bonds is 4. The Balaban J connectivity index is 2.24. The lowest BCUT2D eigenvalue weighted by Crippen LogP contribution is -2.36. The molecule has 0 fully saturated rings. The molecular formula is C16H26N2. The van der Waals surface area contributed by atoms with E-state index in [1.165, 1.54) is 30.5 Å². The summed E-state index contributed by atoms with van der Waals surface area (Å²) in [6.45, 7) is 10.4. The molecule has 1 atom stereocenters. The third-order valence-electron chi connectivity index (χ3n) is 3.85. The number of aryl methyl sites for hydroxylation is 1. The molecule has 0 spiro atoms. The molecule has 0 aliphatic heterocycles. The van der Waals surface area contributed by atoms with Crippen molar-refractivity contribution in [2.45, 2.75) is 52.6 Å². The Morgan fingerprint density at radius 3 is 2.61 bits per heavy atom. The maximum absolute atomic E-state index is 5.88. The van der Waals surface area contributed by atoms with Crippen molar-refractivity contribution in [3.8, 4) is 0 Å². The first-order valence-electron chi connectivity index (χ1n) is 7.13. The van der Waals surface area contributed by atoms with Gasteiger partial charge < -0.3 is 5.73 Å². The molecule has 1 unspecified atom stereocenters. The summed E-state index contributed by atoms with van der Waals surface area (Å²) in [5.41, 5.74) is 9.73. The van der Waals surface area contributed by atoms with E-state index in [0.717, 1.165) is 5.69 Å². The average molecular weight is 246 g/mol. The van der Waals surface area contributed by atoms with Crippen molar-refractivity contribution in [1.82, 2.24) is 4.90 Å². The molecule has 1 aromatic carbocycles. The van der Waals surface area contributed by atoms with Crippen molar-refractivity contribution >= 4 is 5.69 Å². The molecule has 0 radical (unpaired) electrons. The summed E-state index contributed by atoms with van der Waals surface area (Å²) in [5, 5.41) is 0. The molecule has 1 aromatic rings. The maximum Gasteiger partial charge on any atom is 0.0356 e. The summed E-state index contributed by atoms with van der Waals surface area (Å²) in [6, 6.07) is 7.62. The molecule has 0 amide bonds. The van der Waals surface area contributed by atoms with Gasteiger partial charge in [-0.1, -0.05) is 19.9 Å². The zero-order chi connectivity index (χ0) is 13.3. The van der Waals surface area contributed by atoms with Gasteiger partial charge in [0.25, 0.3) is 0 Å². The average Bonchev–Trinajstić information content (AvgIpc) is 2.67. The number of fused-ring (bicyclic) bond motifs is 1. The molecule has 0 saturated carbocycles. The van der Waals surface area contributed by atoms with Crippen LogP contribution in [0.4, 0.5) is 5.69 Å². The summed E-state index contributed by atoms with van der Waals surface area (Å²) >= 11 is 0. The third-order valence-corrected chi connectivity index (χ3v) is 3.85. The van der Waals surface area contributed by atoms with Crippen LogP contribution in [0.2, 0.25) is 0 Å². The number of nitrogens with zero attached hydrogens (tertiary/aromatic N) is 1. The second-order valence-electron chi connectivity index (χ2n) is 6.20. The second-order valence-corrected chi connectivity index (χ2v) is 6.20. The van der Waals surface area contributed by atoms with Crippen molar-refractivity contribution in [2.24, 2.45) is 5.92 Å². The van der Waals surface area contributed by atoms with Gasteiger partial charge in [0.15, 0.2) is 0 Å². The van der Waals surface area contributed by atoms with Crippen LogP contribution in [0.1, 0.15) is 51.3 Å². The fourth-order valence-corrected chi connectivity index (χ4v) is 3.08. The highest BCUT2D eigenvalue weighted by atomic mass is 15.2. The van der Waals surface area contributed by atoms with Gasteiger partial charge in [-0.25, -0.2) is 0 Å². The first kappa shape index (κ1) is 13.4. The summed E-state index contributed by atoms with van der Waals surface area (Å²) in [5.74, 6) is 0.713. The normalized spacial score (nSPS) is 18.9. The Morgan fingerprint density at radius 2 is 2.00 bits per heavy atom. The van der Waals surface area contributed by atoms with Crippen LogP contribution >= 0.6 is 0 Å². The molecule has 2 N–H and O–H groups in total. The quantitative estimate of drug-likeness (QED) is 0.822. The number of anilines is 1. The topological polar surface area (TPSA) is 29.3 Å². The minimum atomic E-state index is 0.586. The monoisotopic (exact) mass is 246 g/mol. The van der Waals surface area contributed by atoms with Gasteiger partial charge in [0.1, 0.15) is 0 Å². The lowest BCUT2D eigenvalue weighted by Gasteiger charge is -2.34. The summed E-state index contributed by atoms with van der Waals surface area (Å²) in [4.78, 5) is 2.65. The van der Waals surface area contributed by atoms with Crippen molar-refractivity contribution in [3.05, 3.63) is 29.3 Å². The molecule has 2 nitrogen and oxygen atoms in total. The molecule has 0 bridgehead atoms. The zero-order valence-electron chi connectivity index (χ0n) is 12.1. The predicted octanol–water partition coefficient (Wildman–Crippen LogP) is 3.62. The maximum atomic E-state index is 5.88. The van der Waals surface area contributed by atoms with Gasteiger partial charge in [0, 0.05) is 24.3 Å². The van der Waals surface area contributed by atoms with E-state index in [-0.39, 0.29) is 0 Å². The number of benzene rings is 1. The molecule has 0 heterocycles. The van der Waals surface area contributed by atoms with E-state index >= 15 is 0 Å². The molecule has 2 rings (SSSR count). The fourth-order valence-electron chi connectivity index (χ4n) is 3.08. The first-order chi connectivity index (χ1) is 8.49. The van der Waals surface area contributed by atoms with Gasteiger partial charge in [-0.15, -0.1) is 0 Å². The van der Waals surface area contributed by atoms with E-state index in [9.17, 15) is 0 Å². The Labute approximate surface area is 111 Å². The summed E-state index contributed by atoms with van der Waals surface area (Å²) in [7, 11) is 0. The summed E-state index contributed by atoms with van der Waals surface area (Å²) < 4.78 is 0. The Morgan fingerprint density at radius 1 is 1.28 bits per heavy atom. The fraction of sp³-hybridized carbons (Fsp3) is 0.625. The van der Waals surface area contributed by atoms with Gasteiger partial charge in [0.2, 0.25) is 0 Å². The molecule has 2 heteroatoms. The number of nitrogens with two attached hydrogens (primary N) is 1. The van der Waals surface area contributed by atoms with E-state index < -0.39 is 0 Å². The van der Waals surface area contributed by atoms with E-state index in [1.807, 2.05) is 6.07 Å². The van der Waals surface area contributed by atoms with Crippen LogP contribution in [-0.2, 0) is 6.42 Å². The molecule has 18 heavy (non-hydrogen) atoms. The van der Waals surface area contributed by atoms with Crippen LogP contribution in [0.25, 0.3) is 0 Å². The Hall–Kier alpha value is -1.02. The minimum Gasteiger partial charge on any atom is -0.399 e. The number of hydrogen-bond acceptors (Lipinski definition) is 2. The highest BCUT2D eigenvalue weighted by molar-refractivity contribution is 5.47. The molecule has 100 valence electrons. The van der Waals surface area contributed by atoms with Crippen LogP contribution in [-0.4, -0.2) is 17.5 Å². The molecular weight excluding hydrogens is 220 g/mol. The van der Waals surface area contributed by atoms with E-state index in [0.29, 0.717) is 18.0 Å². The Kier molecular flexibility index (Phi) is 3.96. The van der Waals surface area contributed by atoms with E-state index in [1.54, 1.807) is 0 Å². The van der Waals surface area contributed by atoms with Crippen LogP contribution in [0.15, 0.2) is 18.2 Å². The molecule has 0 saturated heterocycles. The van der Waals surface area contributed by atoms with Crippen molar-refractivity contribution in [1.29, 1.82) is 0 Å². The minimum absolute atomic E-state index is 0.586. The standard InChI is InChI=1S/C16H26N2/c1-11(2)10-18(12(3)4)16-8-5-13-9-14(17)6-7-15(13)16/h6-7,9,11-12,16H,5,8,10,17H2,1-4H3. The number of nitrogen functional groups attached to an aromatic ring is 1. The second kappa shape index (κ2) is 5.31. The molecule has 0 aromatic heterocycles. The lowest BCUT2D eigenvalue weighted by molar-refractivity contribution is 0.134. The van der Waals surface area contributed by atoms with Gasteiger partial charge in [-0.3, -0.25) is 4.90 Å². The number of hydrogen-bond donors (Lipinski definition) is 1. The highest BCUT2D eigenvalue weighted by Gasteiger charge is 2.29. The van der Waals surface area contributed by atoms with Gasteiger partial charge in [-0.2, -0.15) is 0 Å². The zero-order valence-corrected chi connectivity index (χ0v) is 12.1. The first-order valence-corrected chi connectivity index (χ1v) is 7.13.